The fraction of sp³-hybridized carbons (Fsp3) is 0.241. The van der Waals surface area contributed by atoms with Crippen LogP contribution in [0.25, 0.3) is 33.4 Å². The maximum Gasteiger partial charge on any atom is 0.327 e. The predicted octanol–water partition coefficient (Wildman–Crippen LogP) is 1.84. The van der Waals surface area contributed by atoms with Crippen LogP contribution in [-0.2, 0) is 10.0 Å². The van der Waals surface area contributed by atoms with E-state index in [1.165, 1.54) is 49.5 Å². The van der Waals surface area contributed by atoms with Crippen LogP contribution in [0.3, 0.4) is 0 Å². The van der Waals surface area contributed by atoms with Gasteiger partial charge in [0.15, 0.2) is 0 Å². The van der Waals surface area contributed by atoms with Crippen LogP contribution in [0.4, 0.5) is 18.9 Å². The second kappa shape index (κ2) is 12.2. The summed E-state index contributed by atoms with van der Waals surface area (Å²) < 4.78 is 74.0. The Morgan fingerprint density at radius 3 is 2.06 bits per heavy atom. The molecule has 8 nitrogen and oxygen atoms in total. The van der Waals surface area contributed by atoms with Crippen LogP contribution in [0.1, 0.15) is 20.7 Å². The molecule has 0 atom stereocenters. The number of carbonyl (C=O) groups is 2. The van der Waals surface area contributed by atoms with E-state index in [-0.39, 0.29) is 48.9 Å². The molecular weight excluding hydrogens is 646 g/mol. The highest BCUT2D eigenvalue weighted by molar-refractivity contribution is 7.92. The van der Waals surface area contributed by atoms with E-state index in [4.69, 9.17) is 59.3 Å². The van der Waals surface area contributed by atoms with Gasteiger partial charge in [0.1, 0.15) is 17.2 Å². The van der Waals surface area contributed by atoms with Crippen molar-refractivity contribution in [3.8, 4) is 22.5 Å². The average molecular weight is 665 g/mol. The molecule has 0 spiro atoms. The van der Waals surface area contributed by atoms with Crippen molar-refractivity contribution in [2.24, 2.45) is 0 Å². The highest BCUT2D eigenvalue weighted by Crippen LogP contribution is 2.65. The van der Waals surface area contributed by atoms with Crippen molar-refractivity contribution in [1.82, 2.24) is 10.6 Å². The minimum absolute atomic E-state index is 0.0264. The Morgan fingerprint density at radius 1 is 0.939 bits per heavy atom. The molecule has 20 heteroatoms. The molecule has 4 aromatic rings. The molecule has 1 saturated heterocycles. The van der Waals surface area contributed by atoms with E-state index in [2.05, 4.69) is 10.6 Å². The van der Waals surface area contributed by atoms with Gasteiger partial charge in [0, 0.05) is 35.2 Å². The van der Waals surface area contributed by atoms with E-state index in [0.717, 1.165) is 25.5 Å². The summed E-state index contributed by atoms with van der Waals surface area (Å²) in [7, 11) is 40.1. The van der Waals surface area contributed by atoms with Crippen molar-refractivity contribution in [2.75, 3.05) is 17.6 Å². The van der Waals surface area contributed by atoms with Gasteiger partial charge in [-0.05, 0) is 53.6 Å². The Morgan fingerprint density at radius 2 is 1.55 bits per heavy atom. The number of sulfonamides is 1. The minimum atomic E-state index is -4.65. The lowest BCUT2D eigenvalue weighted by atomic mass is 8.95. The van der Waals surface area contributed by atoms with Gasteiger partial charge in [0.05, 0.1) is 79.7 Å². The van der Waals surface area contributed by atoms with Crippen LogP contribution >= 0.6 is 0 Å². The lowest BCUT2D eigenvalue weighted by Gasteiger charge is -2.76. The second-order valence-electron chi connectivity index (χ2n) is 11.8. The summed E-state index contributed by atoms with van der Waals surface area (Å²) in [4.78, 5) is 26.9. The van der Waals surface area contributed by atoms with Gasteiger partial charge >= 0.3 is 6.55 Å². The van der Waals surface area contributed by atoms with Gasteiger partial charge < -0.3 is 15.1 Å². The number of rotatable bonds is 9. The molecule has 2 N–H and O–H groups in total. The first-order valence-electron chi connectivity index (χ1n) is 14.2. The molecule has 49 heavy (non-hydrogen) atoms. The number of benzene rings is 3. The molecule has 0 unspecified atom stereocenters. The van der Waals surface area contributed by atoms with Crippen LogP contribution < -0.4 is 14.9 Å². The summed E-state index contributed by atoms with van der Waals surface area (Å²) in [5.41, 5.74) is -3.05. The summed E-state index contributed by atoms with van der Waals surface area (Å²) in [5.74, 6) is -2.23. The lowest BCUT2D eigenvalue weighted by Crippen LogP contribution is -2.82. The van der Waals surface area contributed by atoms with Crippen LogP contribution in [0.5, 0.6) is 0 Å². The molecule has 1 fully saturated rings. The second-order valence-corrected chi connectivity index (χ2v) is 13.7. The highest BCUT2D eigenvalue weighted by Gasteiger charge is 2.67. The zero-order chi connectivity index (χ0) is 36.5. The maximum absolute atomic E-state index is 14.5. The number of halogens is 3. The number of hydrogen-bond acceptors (Lipinski definition) is 5. The number of alkyl halides is 2. The van der Waals surface area contributed by atoms with Crippen molar-refractivity contribution in [1.29, 1.82) is 0 Å². The molecule has 0 saturated carbocycles. The maximum atomic E-state index is 14.5. The van der Waals surface area contributed by atoms with Crippen LogP contribution in [0.15, 0.2) is 65.1 Å². The van der Waals surface area contributed by atoms with Gasteiger partial charge in [0.25, 0.3) is 11.8 Å². The zero-order valence-electron chi connectivity index (χ0n) is 26.0. The van der Waals surface area contributed by atoms with Gasteiger partial charge in [-0.3, -0.25) is 9.59 Å². The van der Waals surface area contributed by atoms with Crippen molar-refractivity contribution in [2.45, 2.75) is 27.4 Å². The van der Waals surface area contributed by atoms with E-state index in [9.17, 15) is 31.2 Å². The largest absolute Gasteiger partial charge is 0.455 e. The smallest absolute Gasteiger partial charge is 0.327 e. The topological polar surface area (TPSA) is 109 Å². The van der Waals surface area contributed by atoms with E-state index >= 15 is 0 Å². The van der Waals surface area contributed by atoms with Crippen molar-refractivity contribution >= 4 is 101 Å². The molecule has 3 aromatic carbocycles. The summed E-state index contributed by atoms with van der Waals surface area (Å²) in [6.07, 6.45) is 0.574. The Bertz CT molecular complexity index is 2060. The molecule has 15 radical (unpaired) electrons. The number of hydrogen-bond donors (Lipinski definition) is 2. The number of anilines is 1. The van der Waals surface area contributed by atoms with Crippen LogP contribution in [-0.4, -0.2) is 108 Å². The molecule has 5 rings (SSSR count). The Labute approximate surface area is 291 Å². The van der Waals surface area contributed by atoms with Gasteiger partial charge in [-0.15, -0.1) is 15.3 Å². The van der Waals surface area contributed by atoms with Gasteiger partial charge in [0.2, 0.25) is 10.0 Å². The highest BCUT2D eigenvalue weighted by atomic mass is 32.2. The van der Waals surface area contributed by atoms with E-state index in [1.807, 2.05) is 0 Å². The molecule has 1 aliphatic heterocycles. The zero-order valence-corrected chi connectivity index (χ0v) is 26.8. The third-order valence-corrected chi connectivity index (χ3v) is 9.37. The molecular formula is C29H19B8F3N3O5S. The summed E-state index contributed by atoms with van der Waals surface area (Å²) in [6.45, 7) is -3.58. The normalized spacial score (nSPS) is 16.4. The van der Waals surface area contributed by atoms with Gasteiger partial charge in [-0.1, -0.05) is 12.1 Å². The first-order chi connectivity index (χ1) is 22.6. The molecule has 1 aliphatic rings. The summed E-state index contributed by atoms with van der Waals surface area (Å²) in [6, 6.07) is 12.5. The summed E-state index contributed by atoms with van der Waals surface area (Å²) >= 11 is 0. The lowest BCUT2D eigenvalue weighted by molar-refractivity contribution is 0.0880. The van der Waals surface area contributed by atoms with Gasteiger partial charge in [-0.2, -0.15) is 8.78 Å². The Kier molecular flexibility index (Phi) is 9.09. The van der Waals surface area contributed by atoms with E-state index in [1.54, 1.807) is 0 Å². The van der Waals surface area contributed by atoms with Crippen molar-refractivity contribution in [3.05, 3.63) is 77.6 Å². The van der Waals surface area contributed by atoms with E-state index < -0.39 is 60.8 Å². The van der Waals surface area contributed by atoms with Crippen LogP contribution in [0.2, 0.25) is 15.3 Å². The number of nitrogens with zero attached hydrogens (tertiary/aromatic N) is 1. The quantitative estimate of drug-likeness (QED) is 0.210. The predicted molar refractivity (Wildman–Crippen MR) is 188 cm³/mol. The molecule has 2 heterocycles. The number of fused-ring (bicyclic) bond motifs is 1. The Balaban J connectivity index is 1.75. The van der Waals surface area contributed by atoms with Gasteiger partial charge in [-0.25, -0.2) is 17.1 Å². The number of carbonyl (C=O) groups excluding carboxylic acids is 2. The number of amides is 2. The first kappa shape index (κ1) is 36.5. The van der Waals surface area contributed by atoms with Crippen molar-refractivity contribution in [3.63, 3.8) is 0 Å². The SMILES string of the molecule is [B]C([B])([B])C1(NC(=O)c2cccc(-c3cc4c(C(=O)NC)c(-c5ccc(F)cc5)oc4cc3N(C(F)F)S(C)(=O)=O)c2)C([B])([B])[B]C1([B])[B]. The summed E-state index contributed by atoms with van der Waals surface area (Å²) in [5, 5.41) is -1.36. The number of nitrogens with one attached hydrogen (secondary N) is 2. The molecule has 0 aliphatic carbocycles. The molecule has 2 amide bonds. The monoisotopic (exact) mass is 666 g/mol. The first-order valence-corrected chi connectivity index (χ1v) is 16.1. The standard InChI is InChI=1S/C29H19B8F3N3O5S/c1-41-24(45)21-18-11-17(14-4-3-5-15(10-14)23(44)42-26(27(30,31)32)28(33,34)37-29(26,35)36)19(43(25(39)40)49(2,46)47)12-20(18)48-22(21)13-6-8-16(38)9-7-13/h3-12,25H,1-2H3,(H,41,45)(H,42,44). The Hall–Kier alpha value is -3.80. The molecule has 1 aromatic heterocycles. The fourth-order valence-corrected chi connectivity index (χ4v) is 6.98. The van der Waals surface area contributed by atoms with E-state index in [0.29, 0.717) is 6.26 Å². The third-order valence-electron chi connectivity index (χ3n) is 8.30. The van der Waals surface area contributed by atoms with Crippen LogP contribution in [0, 0.1) is 5.82 Å². The molecule has 0 bridgehead atoms. The minimum Gasteiger partial charge on any atom is -0.455 e. The third kappa shape index (κ3) is 6.04. The fourth-order valence-electron chi connectivity index (χ4n) is 6.18. The van der Waals surface area contributed by atoms with Crippen molar-refractivity contribution < 1.29 is 35.6 Å². The molecule has 231 valence electrons. The number of furan rings is 1. The average Bonchev–Trinajstić information content (AvgIpc) is 3.35.